The molecule has 0 amide bonds. The van der Waals surface area contributed by atoms with Crippen molar-refractivity contribution in [2.75, 3.05) is 5.73 Å². The van der Waals surface area contributed by atoms with Gasteiger partial charge in [0.25, 0.3) is 0 Å². The number of hydrogen-bond acceptors (Lipinski definition) is 8. The average molecular weight is 817 g/mol. The fourth-order valence-electron chi connectivity index (χ4n) is 8.62. The maximum absolute atomic E-state index is 14.3. The molecule has 4 aliphatic rings. The zero-order valence-corrected chi connectivity index (χ0v) is 37.3. The molecule has 0 saturated carbocycles. The van der Waals surface area contributed by atoms with Gasteiger partial charge in [-0.2, -0.15) is 0 Å². The zero-order valence-electron chi connectivity index (χ0n) is 36.4. The smallest absolute Gasteiger partial charge is 0.221 e. The number of aromatic nitrogens is 2. The molecule has 4 aliphatic heterocycles. The molecule has 4 N–H and O–H groups in total. The highest BCUT2D eigenvalue weighted by Gasteiger charge is 2.45. The van der Waals surface area contributed by atoms with Gasteiger partial charge < -0.3 is 15.4 Å². The second-order valence-corrected chi connectivity index (χ2v) is 22.8. The Hall–Kier alpha value is -5.78. The highest BCUT2D eigenvalue weighted by molar-refractivity contribution is 8.29. The number of fused-ring (bicyclic) bond motifs is 15. The van der Waals surface area contributed by atoms with Gasteiger partial charge in [-0.1, -0.05) is 132 Å². The van der Waals surface area contributed by atoms with E-state index in [0.717, 1.165) is 49.7 Å². The predicted molar refractivity (Wildman–Crippen MR) is 248 cm³/mol. The fraction of sp³-hybridized carbons (Fsp3) is 0.327. The molecule has 0 saturated heterocycles. The molecule has 0 aliphatic carbocycles. The van der Waals surface area contributed by atoms with E-state index in [-0.39, 0.29) is 38.3 Å². The normalized spacial score (nSPS) is 21.6. The second-order valence-electron chi connectivity index (χ2n) is 20.7. The number of nitrogens with zero attached hydrogens (tertiary/aromatic N) is 7. The van der Waals surface area contributed by atoms with E-state index in [0.29, 0.717) is 50.6 Å². The van der Waals surface area contributed by atoms with Gasteiger partial charge in [-0.25, -0.2) is 32.9 Å². The summed E-state index contributed by atoms with van der Waals surface area (Å²) in [6.07, 6.45) is 0. The molecule has 11 heteroatoms. The van der Waals surface area contributed by atoms with E-state index in [2.05, 4.69) is 138 Å². The van der Waals surface area contributed by atoms with Gasteiger partial charge in [-0.15, -0.1) is 0 Å². The van der Waals surface area contributed by atoms with Crippen LogP contribution in [0.2, 0.25) is 0 Å². The van der Waals surface area contributed by atoms with Gasteiger partial charge >= 0.3 is 0 Å². The monoisotopic (exact) mass is 816 g/mol. The molecule has 10 nitrogen and oxygen atoms in total. The number of benzene rings is 4. The lowest BCUT2D eigenvalue weighted by Crippen LogP contribution is -2.37. The third-order valence-electron chi connectivity index (χ3n) is 12.4. The van der Waals surface area contributed by atoms with Crippen LogP contribution in [0.1, 0.15) is 128 Å². The van der Waals surface area contributed by atoms with E-state index >= 15 is 0 Å². The van der Waals surface area contributed by atoms with Crippen LogP contribution >= 0.6 is 10.7 Å². The lowest BCUT2D eigenvalue weighted by atomic mass is 9.85. The lowest BCUT2D eigenvalue weighted by Gasteiger charge is -2.37. The molecule has 0 spiro atoms. The minimum atomic E-state index is -3.90. The summed E-state index contributed by atoms with van der Waals surface area (Å²) >= 11 is 0. The third-order valence-corrected chi connectivity index (χ3v) is 14.8. The number of aliphatic hydroxyl groups excluding tert-OH is 1. The first kappa shape index (κ1) is 38.4. The van der Waals surface area contributed by atoms with E-state index in [1.807, 2.05) is 18.2 Å². The van der Waals surface area contributed by atoms with Gasteiger partial charge in [0.2, 0.25) is 5.09 Å². The van der Waals surface area contributed by atoms with Crippen molar-refractivity contribution in [3.05, 3.63) is 133 Å². The quantitative estimate of drug-likeness (QED) is 0.141. The van der Waals surface area contributed by atoms with Crippen LogP contribution in [0.4, 0.5) is 11.6 Å². The van der Waals surface area contributed by atoms with Crippen molar-refractivity contribution < 1.29 is 9.66 Å². The van der Waals surface area contributed by atoms with Gasteiger partial charge in [0.1, 0.15) is 22.2 Å². The summed E-state index contributed by atoms with van der Waals surface area (Å²) in [7, 11) is -3.90. The first-order valence-electron chi connectivity index (χ1n) is 20.6. The van der Waals surface area contributed by atoms with E-state index in [1.54, 1.807) is 7.94 Å². The maximum atomic E-state index is 14.3. The Kier molecular flexibility index (Phi) is 7.65. The molecular formula is C49H52N8O2S. The fourth-order valence-corrected chi connectivity index (χ4v) is 11.1. The van der Waals surface area contributed by atoms with Crippen molar-refractivity contribution in [2.24, 2.45) is 25.0 Å². The van der Waals surface area contributed by atoms with Crippen LogP contribution in [0, 0.1) is 0 Å². The molecule has 0 fully saturated rings. The number of aliphatic imine (C=N–C) groups is 3. The lowest BCUT2D eigenvalue weighted by molar-refractivity contribution is 0.435. The third kappa shape index (κ3) is 5.34. The van der Waals surface area contributed by atoms with Crippen molar-refractivity contribution >= 4 is 67.1 Å². The number of nitrogen functional groups attached to an aromatic ring is 1. The van der Waals surface area contributed by atoms with E-state index in [1.165, 1.54) is 0 Å². The van der Waals surface area contributed by atoms with Crippen LogP contribution in [-0.2, 0) is 21.7 Å². The van der Waals surface area contributed by atoms with Crippen LogP contribution in [0.15, 0.2) is 103 Å². The Bertz CT molecular complexity index is 3220. The highest BCUT2D eigenvalue weighted by atomic mass is 32.3. The summed E-state index contributed by atoms with van der Waals surface area (Å²) in [4.78, 5) is 26.4. The number of amidine groups is 3. The Morgan fingerprint density at radius 2 is 0.917 bits per heavy atom. The van der Waals surface area contributed by atoms with Crippen molar-refractivity contribution in [3.8, 4) is 0 Å². The number of rotatable bonds is 0. The molecule has 10 rings (SSSR count). The first-order chi connectivity index (χ1) is 28.0. The molecule has 0 radical (unpaired) electrons. The topological polar surface area (TPSA) is 138 Å². The Morgan fingerprint density at radius 3 is 1.50 bits per heavy atom. The minimum Gasteiger partial charge on any atom is -0.498 e. The van der Waals surface area contributed by atoms with Crippen molar-refractivity contribution in [2.45, 2.75) is 105 Å². The number of anilines is 1. The molecule has 1 unspecified atom stereocenters. The van der Waals surface area contributed by atoms with E-state index in [9.17, 15) is 9.66 Å². The van der Waals surface area contributed by atoms with Crippen LogP contribution in [0.3, 0.4) is 0 Å². The largest absolute Gasteiger partial charge is 0.498 e. The van der Waals surface area contributed by atoms with Crippen molar-refractivity contribution in [3.63, 3.8) is 0 Å². The second kappa shape index (κ2) is 11.9. The summed E-state index contributed by atoms with van der Waals surface area (Å²) in [5, 5.41) is 15.8. The van der Waals surface area contributed by atoms with Gasteiger partial charge in [-0.3, -0.25) is 0 Å². The number of nitrogens with two attached hydrogens (primary N) is 1. The van der Waals surface area contributed by atoms with Crippen molar-refractivity contribution in [1.29, 1.82) is 0 Å². The standard InChI is InChI=1S/C49H52N8O2S/c1-46(2,3)25-15-19-31-33(21-25)38(50)56-42(31)55-41-35-23-27(48(7,8)9)14-18-30(35)39(52-41)53-44-36-24-28(49(10,11)12)16-20-32(36)43-54-40-34-22-26(47(4,5)6)13-17-29(34)37(51-40)45(58)60(56,59)57(43)44/h13-24,58-59H,50H2,1-12H3/b45-37-,53-44?,54-43?,55-41-. The number of aliphatic hydroxyl groups is 1. The number of hydrogen-bond donors (Lipinski definition) is 3. The zero-order chi connectivity index (χ0) is 42.8. The van der Waals surface area contributed by atoms with Crippen LogP contribution < -0.4 is 16.7 Å². The molecular weight excluding hydrogens is 765 g/mol. The summed E-state index contributed by atoms with van der Waals surface area (Å²) in [6, 6.07) is 24.9. The Balaban J connectivity index is 1.45. The van der Waals surface area contributed by atoms with Gasteiger partial charge in [0, 0.05) is 43.8 Å². The van der Waals surface area contributed by atoms with Crippen LogP contribution in [0.25, 0.3) is 27.2 Å². The molecule has 2 aromatic heterocycles. The first-order valence-corrected chi connectivity index (χ1v) is 22.1. The Labute approximate surface area is 352 Å². The van der Waals surface area contributed by atoms with Crippen LogP contribution in [-0.4, -0.2) is 35.1 Å². The molecule has 60 heavy (non-hydrogen) atoms. The molecule has 306 valence electrons. The SMILES string of the molecule is CC(C)(C)c1ccc2c(c1)C1=N/C2=C(/O)S2(O)n3c(N)c4cc(C(C)(C)C)ccc4c3/N=C3\N=C(N=c4c5cc(C(C)(C)C)ccc5c(n42)=N1)c1ccc(C(C)(C)C)cc13. The molecule has 4 aromatic carbocycles. The molecule has 1 atom stereocenters. The molecule has 6 heterocycles. The van der Waals surface area contributed by atoms with Gasteiger partial charge in [0.15, 0.2) is 34.3 Å². The minimum absolute atomic E-state index is 0.151. The Morgan fingerprint density at radius 1 is 0.467 bits per heavy atom. The molecule has 6 aromatic rings. The summed E-state index contributed by atoms with van der Waals surface area (Å²) in [5.74, 6) is 1.94. The van der Waals surface area contributed by atoms with E-state index < -0.39 is 10.7 Å². The van der Waals surface area contributed by atoms with Crippen molar-refractivity contribution in [1.82, 2.24) is 7.94 Å². The molecule has 4 bridgehead atoms. The summed E-state index contributed by atoms with van der Waals surface area (Å²) in [6.45, 7) is 26.0. The summed E-state index contributed by atoms with van der Waals surface area (Å²) in [5.41, 5.74) is 15.1. The maximum Gasteiger partial charge on any atom is 0.221 e. The average Bonchev–Trinajstić information content (AvgIpc) is 3.87. The van der Waals surface area contributed by atoms with Gasteiger partial charge in [-0.05, 0) is 68.2 Å². The van der Waals surface area contributed by atoms with Crippen LogP contribution in [0.5, 0.6) is 0 Å². The highest BCUT2D eigenvalue weighted by Crippen LogP contribution is 2.61. The van der Waals surface area contributed by atoms with Gasteiger partial charge in [0.05, 0.1) is 0 Å². The summed E-state index contributed by atoms with van der Waals surface area (Å²) < 4.78 is 17.6. The van der Waals surface area contributed by atoms with E-state index in [4.69, 9.17) is 30.7 Å². The predicted octanol–water partition coefficient (Wildman–Crippen LogP) is 10.6.